The molecule has 1 heterocycles. The zero-order valence-corrected chi connectivity index (χ0v) is 21.3. The second-order valence-electron chi connectivity index (χ2n) is 9.30. The van der Waals surface area contributed by atoms with Gasteiger partial charge in [0.2, 0.25) is 5.91 Å². The quantitative estimate of drug-likeness (QED) is 0.447. The van der Waals surface area contributed by atoms with Gasteiger partial charge < -0.3 is 10.1 Å². The lowest BCUT2D eigenvalue weighted by Gasteiger charge is -2.22. The van der Waals surface area contributed by atoms with Crippen LogP contribution in [0.2, 0.25) is 0 Å². The highest BCUT2D eigenvalue weighted by atomic mass is 19.4. The minimum Gasteiger partial charge on any atom is -0.377 e. The number of methoxy groups -OCH3 is 1. The van der Waals surface area contributed by atoms with Gasteiger partial charge in [-0.05, 0) is 74.9 Å². The van der Waals surface area contributed by atoms with Gasteiger partial charge in [0.15, 0.2) is 0 Å². The summed E-state index contributed by atoms with van der Waals surface area (Å²) in [7, 11) is 3.25. The maximum atomic E-state index is 12.5. The van der Waals surface area contributed by atoms with Crippen LogP contribution < -0.4 is 5.32 Å². The predicted molar refractivity (Wildman–Crippen MR) is 130 cm³/mol. The standard InChI is InChI=1S/C16H24N2O.C11H10F6O/c1-18-12-15(8-5-11-17-16(19)13-18)10-9-14-6-3-2-4-7-14;1-6(18-2)7-3-8(10(12,13)14)5-9(4-7)11(15,16)17/h2-4,6-7,15H,5,8-13H2,1H3,(H,17,19);3-6H,1-2H3/t15-;6-/m01/s1. The van der Waals surface area contributed by atoms with E-state index in [4.69, 9.17) is 4.74 Å². The molecule has 0 radical (unpaired) electrons. The SMILES string of the molecule is CN1CC(=O)NCCC[C@@H](CCc2ccccc2)C1.CO[C@H](C)c1cc(C(F)(F)F)cc(C(F)(F)F)c1. The molecule has 1 aliphatic heterocycles. The molecule has 2 aromatic carbocycles. The number of nitrogens with one attached hydrogen (secondary N) is 1. The van der Waals surface area contributed by atoms with Crippen LogP contribution in [0, 0.1) is 5.92 Å². The fourth-order valence-corrected chi connectivity index (χ4v) is 4.12. The van der Waals surface area contributed by atoms with Crippen molar-refractivity contribution >= 4 is 5.91 Å². The molecule has 1 amide bonds. The average Bonchev–Trinajstić information content (AvgIpc) is 2.91. The zero-order chi connectivity index (χ0) is 27.6. The number of amides is 1. The summed E-state index contributed by atoms with van der Waals surface area (Å²) in [5, 5.41) is 2.97. The first-order chi connectivity index (χ1) is 17.3. The van der Waals surface area contributed by atoms with E-state index in [2.05, 4.69) is 40.5 Å². The van der Waals surface area contributed by atoms with E-state index >= 15 is 0 Å². The number of aryl methyl sites for hydroxylation is 1. The van der Waals surface area contributed by atoms with Crippen LogP contribution in [0.15, 0.2) is 48.5 Å². The zero-order valence-electron chi connectivity index (χ0n) is 21.3. The van der Waals surface area contributed by atoms with Gasteiger partial charge in [-0.3, -0.25) is 9.69 Å². The van der Waals surface area contributed by atoms with Gasteiger partial charge in [0, 0.05) is 20.2 Å². The number of rotatable bonds is 5. The number of halogens is 6. The lowest BCUT2D eigenvalue weighted by atomic mass is 9.94. The fraction of sp³-hybridized carbons (Fsp3) is 0.519. The van der Waals surface area contributed by atoms with Crippen LogP contribution in [-0.4, -0.2) is 44.6 Å². The molecule has 4 nitrogen and oxygen atoms in total. The van der Waals surface area contributed by atoms with Crippen molar-refractivity contribution in [3.8, 4) is 0 Å². The Morgan fingerprint density at radius 3 is 2.16 bits per heavy atom. The molecule has 1 saturated heterocycles. The third-order valence-corrected chi connectivity index (χ3v) is 6.21. The van der Waals surface area contributed by atoms with Gasteiger partial charge in [-0.15, -0.1) is 0 Å². The Labute approximate surface area is 214 Å². The molecule has 1 N–H and O–H groups in total. The molecule has 1 fully saturated rings. The Balaban J connectivity index is 0.000000261. The molecule has 1 aliphatic rings. The first kappa shape index (κ1) is 30.6. The summed E-state index contributed by atoms with van der Waals surface area (Å²) < 4.78 is 79.7. The molecule has 0 saturated carbocycles. The number of carbonyl (C=O) groups excluding carboxylic acids is 1. The number of benzene rings is 2. The van der Waals surface area contributed by atoms with Gasteiger partial charge in [0.25, 0.3) is 0 Å². The smallest absolute Gasteiger partial charge is 0.377 e. The van der Waals surface area contributed by atoms with E-state index in [1.165, 1.54) is 32.4 Å². The molecule has 0 spiro atoms. The van der Waals surface area contributed by atoms with Crippen LogP contribution in [0.25, 0.3) is 0 Å². The maximum Gasteiger partial charge on any atom is 0.416 e. The molecule has 0 aliphatic carbocycles. The van der Waals surface area contributed by atoms with Gasteiger partial charge >= 0.3 is 12.4 Å². The van der Waals surface area contributed by atoms with Gasteiger partial charge in [-0.1, -0.05) is 30.3 Å². The van der Waals surface area contributed by atoms with Crippen LogP contribution in [0.1, 0.15) is 54.5 Å². The summed E-state index contributed by atoms with van der Waals surface area (Å²) in [6.07, 6.45) is -5.86. The molecule has 2 atom stereocenters. The third-order valence-electron chi connectivity index (χ3n) is 6.21. The van der Waals surface area contributed by atoms with Crippen molar-refractivity contribution in [2.24, 2.45) is 5.92 Å². The van der Waals surface area contributed by atoms with Crippen molar-refractivity contribution < 1.29 is 35.9 Å². The fourth-order valence-electron chi connectivity index (χ4n) is 4.12. The molecule has 206 valence electrons. The third kappa shape index (κ3) is 10.7. The van der Waals surface area contributed by atoms with Crippen molar-refractivity contribution in [1.82, 2.24) is 10.2 Å². The van der Waals surface area contributed by atoms with E-state index in [0.717, 1.165) is 25.9 Å². The summed E-state index contributed by atoms with van der Waals surface area (Å²) in [6, 6.07) is 12.1. The van der Waals surface area contributed by atoms with Crippen molar-refractivity contribution in [1.29, 1.82) is 0 Å². The van der Waals surface area contributed by atoms with Crippen molar-refractivity contribution in [2.45, 2.75) is 51.1 Å². The van der Waals surface area contributed by atoms with Crippen LogP contribution in [0.3, 0.4) is 0 Å². The number of hydrogen-bond acceptors (Lipinski definition) is 3. The molecular weight excluding hydrogens is 498 g/mol. The Kier molecular flexibility index (Phi) is 11.4. The first-order valence-electron chi connectivity index (χ1n) is 12.1. The van der Waals surface area contributed by atoms with E-state index in [9.17, 15) is 31.1 Å². The van der Waals surface area contributed by atoms with Crippen LogP contribution >= 0.6 is 0 Å². The van der Waals surface area contributed by atoms with Gasteiger partial charge in [-0.25, -0.2) is 0 Å². The number of carbonyl (C=O) groups is 1. The largest absolute Gasteiger partial charge is 0.416 e. The Morgan fingerprint density at radius 1 is 1.03 bits per heavy atom. The van der Waals surface area contributed by atoms with Crippen LogP contribution in [0.4, 0.5) is 26.3 Å². The number of hydrogen-bond donors (Lipinski definition) is 1. The van der Waals surface area contributed by atoms with Crippen LogP contribution in [0.5, 0.6) is 0 Å². The molecule has 0 unspecified atom stereocenters. The van der Waals surface area contributed by atoms with E-state index < -0.39 is 29.6 Å². The highest BCUT2D eigenvalue weighted by Crippen LogP contribution is 2.37. The second-order valence-corrected chi connectivity index (χ2v) is 9.30. The highest BCUT2D eigenvalue weighted by molar-refractivity contribution is 5.77. The monoisotopic (exact) mass is 532 g/mol. The topological polar surface area (TPSA) is 41.6 Å². The minimum atomic E-state index is -4.83. The summed E-state index contributed by atoms with van der Waals surface area (Å²) in [4.78, 5) is 13.7. The van der Waals surface area contributed by atoms with Crippen molar-refractivity contribution in [3.05, 3.63) is 70.8 Å². The normalized spacial score (nSPS) is 18.5. The van der Waals surface area contributed by atoms with Gasteiger partial charge in [0.05, 0.1) is 23.8 Å². The van der Waals surface area contributed by atoms with Crippen LogP contribution in [-0.2, 0) is 28.3 Å². The predicted octanol–water partition coefficient (Wildman–Crippen LogP) is 6.51. The summed E-state index contributed by atoms with van der Waals surface area (Å²) in [5.74, 6) is 0.851. The van der Waals surface area contributed by atoms with Crippen molar-refractivity contribution in [2.75, 3.05) is 33.8 Å². The molecule has 2 aromatic rings. The minimum absolute atomic E-state index is 0.0892. The molecule has 10 heteroatoms. The summed E-state index contributed by atoms with van der Waals surface area (Å²) >= 11 is 0. The van der Waals surface area contributed by atoms with E-state index in [1.54, 1.807) is 0 Å². The number of ether oxygens (including phenoxy) is 1. The van der Waals surface area contributed by atoms with Crippen molar-refractivity contribution in [3.63, 3.8) is 0 Å². The number of nitrogens with zero attached hydrogens (tertiary/aromatic N) is 1. The second kappa shape index (κ2) is 13.8. The Bertz CT molecular complexity index is 947. The summed E-state index contributed by atoms with van der Waals surface area (Å²) in [6.45, 7) is 3.76. The molecular formula is C27H34F6N2O2. The van der Waals surface area contributed by atoms with E-state index in [-0.39, 0.29) is 17.5 Å². The molecule has 37 heavy (non-hydrogen) atoms. The Morgan fingerprint density at radius 2 is 1.62 bits per heavy atom. The number of alkyl halides is 6. The first-order valence-corrected chi connectivity index (χ1v) is 12.1. The maximum absolute atomic E-state index is 12.5. The lowest BCUT2D eigenvalue weighted by molar-refractivity contribution is -0.143. The van der Waals surface area contributed by atoms with Gasteiger partial charge in [0.1, 0.15) is 0 Å². The van der Waals surface area contributed by atoms with E-state index in [1.807, 2.05) is 7.05 Å². The van der Waals surface area contributed by atoms with Gasteiger partial charge in [-0.2, -0.15) is 26.3 Å². The Hall–Kier alpha value is -2.59. The lowest BCUT2D eigenvalue weighted by Crippen LogP contribution is -2.35. The summed E-state index contributed by atoms with van der Waals surface area (Å²) in [5.41, 5.74) is -1.42. The average molecular weight is 533 g/mol. The molecule has 3 rings (SSSR count). The van der Waals surface area contributed by atoms with E-state index in [0.29, 0.717) is 24.6 Å². The number of likely N-dealkylation sites (N-methyl/N-ethyl adjacent to an activating group) is 1. The molecule has 0 bridgehead atoms. The molecule has 0 aromatic heterocycles. The highest BCUT2D eigenvalue weighted by Gasteiger charge is 2.37.